The Morgan fingerprint density at radius 3 is 1.91 bits per heavy atom. The molecular weight excluding hydrogens is 423 g/mol. The second-order valence-electron chi connectivity index (χ2n) is 8.07. The van der Waals surface area contributed by atoms with Gasteiger partial charge in [0.2, 0.25) is 0 Å². The SMILES string of the molecule is OB(O)c1ccc(-c2nc(-c3ccccc3)nc(-c3cccc4c3[nH]c3ccccc34)n2)cc1. The number of hydrogen-bond acceptors (Lipinski definition) is 5. The quantitative estimate of drug-likeness (QED) is 0.356. The molecule has 0 radical (unpaired) electrons. The number of H-pyrrole nitrogens is 1. The molecule has 6 nitrogen and oxygen atoms in total. The van der Waals surface area contributed by atoms with Gasteiger partial charge in [0.15, 0.2) is 17.5 Å². The number of nitrogens with one attached hydrogen (secondary N) is 1. The predicted molar refractivity (Wildman–Crippen MR) is 135 cm³/mol. The van der Waals surface area contributed by atoms with Gasteiger partial charge in [-0.2, -0.15) is 0 Å². The summed E-state index contributed by atoms with van der Waals surface area (Å²) in [6.45, 7) is 0. The van der Waals surface area contributed by atoms with Crippen molar-refractivity contribution in [3.63, 3.8) is 0 Å². The van der Waals surface area contributed by atoms with Crippen molar-refractivity contribution < 1.29 is 10.0 Å². The fourth-order valence-corrected chi connectivity index (χ4v) is 4.21. The molecule has 0 saturated carbocycles. The molecule has 0 aliphatic heterocycles. The summed E-state index contributed by atoms with van der Waals surface area (Å²) in [4.78, 5) is 17.9. The van der Waals surface area contributed by atoms with E-state index in [-0.39, 0.29) is 0 Å². The first-order valence-corrected chi connectivity index (χ1v) is 11.0. The molecule has 0 saturated heterocycles. The summed E-state index contributed by atoms with van der Waals surface area (Å²) in [5, 5.41) is 21.1. The Hall–Kier alpha value is -4.33. The number of nitrogens with zero attached hydrogens (tertiary/aromatic N) is 3. The van der Waals surface area contributed by atoms with Crippen molar-refractivity contribution in [2.24, 2.45) is 0 Å². The van der Waals surface area contributed by atoms with Crippen molar-refractivity contribution in [2.75, 3.05) is 0 Å². The maximum atomic E-state index is 9.44. The summed E-state index contributed by atoms with van der Waals surface area (Å²) in [5.41, 5.74) is 4.97. The van der Waals surface area contributed by atoms with Crippen molar-refractivity contribution in [1.82, 2.24) is 19.9 Å². The van der Waals surface area contributed by atoms with Crippen LogP contribution in [-0.4, -0.2) is 37.1 Å². The van der Waals surface area contributed by atoms with Crippen LogP contribution in [0.4, 0.5) is 0 Å². The van der Waals surface area contributed by atoms with Crippen LogP contribution in [0.2, 0.25) is 0 Å². The first kappa shape index (κ1) is 20.3. The fraction of sp³-hybridized carbons (Fsp3) is 0. The molecule has 0 spiro atoms. The van der Waals surface area contributed by atoms with Gasteiger partial charge in [-0.3, -0.25) is 0 Å². The number of hydrogen-bond donors (Lipinski definition) is 3. The minimum absolute atomic E-state index is 0.407. The number of benzene rings is 4. The van der Waals surface area contributed by atoms with Gasteiger partial charge in [-0.05, 0) is 17.6 Å². The molecule has 3 N–H and O–H groups in total. The topological polar surface area (TPSA) is 94.9 Å². The Labute approximate surface area is 195 Å². The van der Waals surface area contributed by atoms with Gasteiger partial charge in [-0.1, -0.05) is 84.9 Å². The molecule has 162 valence electrons. The van der Waals surface area contributed by atoms with Gasteiger partial charge >= 0.3 is 7.12 Å². The maximum Gasteiger partial charge on any atom is 0.488 e. The zero-order valence-electron chi connectivity index (χ0n) is 18.1. The smallest absolute Gasteiger partial charge is 0.423 e. The van der Waals surface area contributed by atoms with Crippen LogP contribution >= 0.6 is 0 Å². The van der Waals surface area contributed by atoms with E-state index in [4.69, 9.17) is 15.0 Å². The van der Waals surface area contributed by atoms with E-state index in [2.05, 4.69) is 23.2 Å². The third-order valence-electron chi connectivity index (χ3n) is 5.92. The van der Waals surface area contributed by atoms with Gasteiger partial charge in [-0.15, -0.1) is 0 Å². The number of rotatable bonds is 4. The molecule has 6 rings (SSSR count). The van der Waals surface area contributed by atoms with Crippen molar-refractivity contribution in [1.29, 1.82) is 0 Å². The summed E-state index contributed by atoms with van der Waals surface area (Å²) in [6, 6.07) is 31.0. The first-order valence-electron chi connectivity index (χ1n) is 11.0. The monoisotopic (exact) mass is 442 g/mol. The molecule has 0 amide bonds. The van der Waals surface area contributed by atoms with Crippen molar-refractivity contribution >= 4 is 34.4 Å². The molecule has 2 heterocycles. The molecule has 0 atom stereocenters. The zero-order valence-corrected chi connectivity index (χ0v) is 18.1. The minimum Gasteiger partial charge on any atom is -0.423 e. The van der Waals surface area contributed by atoms with E-state index in [0.29, 0.717) is 22.9 Å². The third kappa shape index (κ3) is 3.53. The molecule has 7 heteroatoms. The van der Waals surface area contributed by atoms with Crippen molar-refractivity contribution in [3.8, 4) is 34.2 Å². The van der Waals surface area contributed by atoms with E-state index in [1.54, 1.807) is 24.3 Å². The highest BCUT2D eigenvalue weighted by molar-refractivity contribution is 6.58. The molecule has 6 aromatic rings. The highest BCUT2D eigenvalue weighted by atomic mass is 16.4. The number of aromatic amines is 1. The van der Waals surface area contributed by atoms with E-state index < -0.39 is 7.12 Å². The third-order valence-corrected chi connectivity index (χ3v) is 5.92. The second-order valence-corrected chi connectivity index (χ2v) is 8.07. The summed E-state index contributed by atoms with van der Waals surface area (Å²) < 4.78 is 0. The Bertz CT molecular complexity index is 1630. The van der Waals surface area contributed by atoms with Gasteiger partial charge in [0.1, 0.15) is 0 Å². The molecule has 0 aliphatic carbocycles. The average molecular weight is 442 g/mol. The second kappa shape index (κ2) is 8.22. The number of aromatic nitrogens is 4. The standard InChI is InChI=1S/C27H19BN4O2/c33-28(34)19-15-13-18(14-16-19)26-30-25(17-7-2-1-3-8-17)31-27(32-26)22-11-6-10-21-20-9-4-5-12-23(20)29-24(21)22/h1-16,29,33-34H. The van der Waals surface area contributed by atoms with Gasteiger partial charge in [0, 0.05) is 33.0 Å². The maximum absolute atomic E-state index is 9.44. The largest absolute Gasteiger partial charge is 0.488 e. The summed E-state index contributed by atoms with van der Waals surface area (Å²) in [6.07, 6.45) is 0. The lowest BCUT2D eigenvalue weighted by Gasteiger charge is -2.09. The summed E-state index contributed by atoms with van der Waals surface area (Å²) >= 11 is 0. The molecule has 34 heavy (non-hydrogen) atoms. The lowest BCUT2D eigenvalue weighted by atomic mass is 9.80. The van der Waals surface area contributed by atoms with Crippen LogP contribution in [0, 0.1) is 0 Å². The van der Waals surface area contributed by atoms with Gasteiger partial charge in [0.25, 0.3) is 0 Å². The lowest BCUT2D eigenvalue weighted by Crippen LogP contribution is -2.29. The molecule has 4 aromatic carbocycles. The van der Waals surface area contributed by atoms with Crippen molar-refractivity contribution in [2.45, 2.75) is 0 Å². The van der Waals surface area contributed by atoms with Crippen molar-refractivity contribution in [3.05, 3.63) is 97.1 Å². The molecule has 0 unspecified atom stereocenters. The number of para-hydroxylation sites is 2. The molecule has 2 aromatic heterocycles. The molecule has 0 bridgehead atoms. The van der Waals surface area contributed by atoms with E-state index in [1.165, 1.54) is 0 Å². The zero-order chi connectivity index (χ0) is 23.1. The van der Waals surface area contributed by atoms with Crippen LogP contribution in [0.15, 0.2) is 97.1 Å². The highest BCUT2D eigenvalue weighted by Gasteiger charge is 2.17. The fourth-order valence-electron chi connectivity index (χ4n) is 4.21. The van der Waals surface area contributed by atoms with Gasteiger partial charge < -0.3 is 15.0 Å². The molecular formula is C27H19BN4O2. The van der Waals surface area contributed by atoms with Crippen LogP contribution < -0.4 is 5.46 Å². The summed E-state index contributed by atoms with van der Waals surface area (Å²) in [7, 11) is -1.53. The Morgan fingerprint density at radius 1 is 0.559 bits per heavy atom. The number of fused-ring (bicyclic) bond motifs is 3. The van der Waals surface area contributed by atoms with Crippen LogP contribution in [-0.2, 0) is 0 Å². The van der Waals surface area contributed by atoms with E-state index in [1.807, 2.05) is 54.6 Å². The molecule has 0 aliphatic rings. The average Bonchev–Trinajstić information content (AvgIpc) is 3.28. The Kier molecular flexibility index (Phi) is 4.91. The Morgan fingerprint density at radius 2 is 1.18 bits per heavy atom. The van der Waals surface area contributed by atoms with Crippen LogP contribution in [0.25, 0.3) is 56.0 Å². The highest BCUT2D eigenvalue weighted by Crippen LogP contribution is 2.33. The summed E-state index contributed by atoms with van der Waals surface area (Å²) in [5.74, 6) is 1.64. The lowest BCUT2D eigenvalue weighted by molar-refractivity contribution is 0.426. The van der Waals surface area contributed by atoms with E-state index in [9.17, 15) is 10.0 Å². The normalized spacial score (nSPS) is 11.2. The Balaban J connectivity index is 1.58. The van der Waals surface area contributed by atoms with Crippen LogP contribution in [0.3, 0.4) is 0 Å². The van der Waals surface area contributed by atoms with Crippen LogP contribution in [0.1, 0.15) is 0 Å². The van der Waals surface area contributed by atoms with E-state index >= 15 is 0 Å². The first-order chi connectivity index (χ1) is 16.7. The van der Waals surface area contributed by atoms with Gasteiger partial charge in [-0.25, -0.2) is 15.0 Å². The van der Waals surface area contributed by atoms with E-state index in [0.717, 1.165) is 38.5 Å². The predicted octanol–water partition coefficient (Wildman–Crippen LogP) is 4.19. The molecule has 0 fully saturated rings. The van der Waals surface area contributed by atoms with Crippen LogP contribution in [0.5, 0.6) is 0 Å². The minimum atomic E-state index is -1.53. The van der Waals surface area contributed by atoms with Gasteiger partial charge in [0.05, 0.1) is 5.52 Å².